The molecule has 10 heteroatoms. The van der Waals surface area contributed by atoms with Crippen molar-refractivity contribution in [2.45, 2.75) is 12.2 Å². The lowest BCUT2D eigenvalue weighted by atomic mass is 10.1. The van der Waals surface area contributed by atoms with Gasteiger partial charge in [-0.2, -0.15) is 0 Å². The van der Waals surface area contributed by atoms with Crippen LogP contribution in [0.1, 0.15) is 23.3 Å². The molecule has 48 heavy (non-hydrogen) atoms. The Labute approximate surface area is 292 Å². The highest BCUT2D eigenvalue weighted by Crippen LogP contribution is 2.15. The Morgan fingerprint density at radius 1 is 0.396 bits per heavy atom. The molecule has 2 bridgehead atoms. The molecule has 4 unspecified atom stereocenters. The van der Waals surface area contributed by atoms with Gasteiger partial charge in [0, 0.05) is 131 Å². The van der Waals surface area contributed by atoms with Crippen molar-refractivity contribution in [1.82, 2.24) is 39.2 Å². The van der Waals surface area contributed by atoms with Gasteiger partial charge in [0.2, 0.25) is 0 Å². The molecule has 0 aliphatic carbocycles. The molecule has 0 amide bonds. The molecule has 2 aromatic rings. The van der Waals surface area contributed by atoms with Crippen LogP contribution >= 0.6 is 0 Å². The first-order valence-corrected chi connectivity index (χ1v) is 18.3. The molecule has 3 aliphatic heterocycles. The quantitative estimate of drug-likeness (QED) is 0.474. The molecule has 0 spiro atoms. The van der Waals surface area contributed by atoms with Gasteiger partial charge in [0.05, 0.1) is 12.2 Å². The molecular weight excluding hydrogens is 600 g/mol. The maximum atomic E-state index is 11.2. The SMILES string of the molecule is CN1CCN(C)CCN2CCN(C)CCN(CC(O)c3ccccc3)CCN(CC1)CCN(C)CCN(CC(O)c1ccccc1)CC2. The van der Waals surface area contributed by atoms with E-state index in [0.717, 1.165) is 129 Å². The lowest BCUT2D eigenvalue weighted by molar-refractivity contribution is 0.0830. The van der Waals surface area contributed by atoms with Gasteiger partial charge in [0.1, 0.15) is 0 Å². The molecule has 5 rings (SSSR count). The van der Waals surface area contributed by atoms with Gasteiger partial charge in [-0.1, -0.05) is 60.7 Å². The van der Waals surface area contributed by atoms with Crippen molar-refractivity contribution >= 4 is 0 Å². The van der Waals surface area contributed by atoms with Crippen molar-refractivity contribution in [2.24, 2.45) is 0 Å². The fourth-order valence-corrected chi connectivity index (χ4v) is 6.54. The zero-order chi connectivity index (χ0) is 34.1. The number of hydrogen-bond donors (Lipinski definition) is 2. The summed E-state index contributed by atoms with van der Waals surface area (Å²) in [4.78, 5) is 20.1. The van der Waals surface area contributed by atoms with Crippen LogP contribution in [0.5, 0.6) is 0 Å². The zero-order valence-corrected chi connectivity index (χ0v) is 30.5. The minimum atomic E-state index is -0.492. The molecule has 3 saturated heterocycles. The number of likely N-dealkylation sites (N-methyl/N-ethyl adjacent to an activating group) is 4. The van der Waals surface area contributed by atoms with Gasteiger partial charge in [-0.15, -0.1) is 0 Å². The summed E-state index contributed by atoms with van der Waals surface area (Å²) in [5, 5.41) is 22.4. The van der Waals surface area contributed by atoms with E-state index in [2.05, 4.69) is 67.4 Å². The monoisotopic (exact) mass is 667 g/mol. The van der Waals surface area contributed by atoms with Crippen LogP contribution in [0.2, 0.25) is 0 Å². The smallest absolute Gasteiger partial charge is 0.0916 e. The Morgan fingerprint density at radius 3 is 0.979 bits per heavy atom. The predicted molar refractivity (Wildman–Crippen MR) is 199 cm³/mol. The first-order valence-electron chi connectivity index (χ1n) is 18.3. The van der Waals surface area contributed by atoms with Crippen molar-refractivity contribution < 1.29 is 10.2 Å². The molecular formula is C38H66N8O2. The summed E-state index contributed by atoms with van der Waals surface area (Å²) >= 11 is 0. The molecule has 0 aromatic heterocycles. The van der Waals surface area contributed by atoms with E-state index in [1.54, 1.807) is 0 Å². The third-order valence-corrected chi connectivity index (χ3v) is 10.3. The Hall–Kier alpha value is -1.96. The summed E-state index contributed by atoms with van der Waals surface area (Å²) in [5.41, 5.74) is 1.98. The Morgan fingerprint density at radius 2 is 0.646 bits per heavy atom. The standard InChI is InChI=1S/C38H66N8O2/c1-39-15-16-40(2)18-24-44-26-20-42(4)22-27-45(33-37(47)35-11-7-5-8-12-35)31-29-43(23-17-39)25-19-41(3)21-28-46(32-30-44)34-38(48)36-13-9-6-10-14-36/h5-14,37-38,47-48H,15-34H2,1-4H3. The van der Waals surface area contributed by atoms with E-state index in [1.165, 1.54) is 0 Å². The van der Waals surface area contributed by atoms with E-state index in [1.807, 2.05) is 60.7 Å². The lowest BCUT2D eigenvalue weighted by Crippen LogP contribution is -2.48. The number of nitrogens with zero attached hydrogens (tertiary/aromatic N) is 8. The number of hydrogen-bond acceptors (Lipinski definition) is 10. The summed E-state index contributed by atoms with van der Waals surface area (Å²) in [6, 6.07) is 20.2. The molecule has 0 radical (unpaired) electrons. The summed E-state index contributed by atoms with van der Waals surface area (Å²) in [7, 11) is 9.01. The minimum absolute atomic E-state index is 0.492. The molecule has 4 atom stereocenters. The molecule has 0 saturated carbocycles. The molecule has 2 N–H and O–H groups in total. The molecule has 2 aromatic carbocycles. The fraction of sp³-hybridized carbons (Fsp3) is 0.684. The second-order valence-electron chi connectivity index (χ2n) is 14.4. The summed E-state index contributed by atoms with van der Waals surface area (Å²) < 4.78 is 0. The third kappa shape index (κ3) is 14.5. The number of rotatable bonds is 6. The third-order valence-electron chi connectivity index (χ3n) is 10.3. The summed E-state index contributed by atoms with van der Waals surface area (Å²) in [5.74, 6) is 0. The van der Waals surface area contributed by atoms with Gasteiger partial charge >= 0.3 is 0 Å². The molecule has 10 nitrogen and oxygen atoms in total. The van der Waals surface area contributed by atoms with Gasteiger partial charge in [-0.05, 0) is 39.3 Å². The second-order valence-corrected chi connectivity index (χ2v) is 14.4. The molecule has 270 valence electrons. The van der Waals surface area contributed by atoms with Crippen LogP contribution in [-0.2, 0) is 0 Å². The van der Waals surface area contributed by atoms with Gasteiger partial charge in [-0.25, -0.2) is 0 Å². The fourth-order valence-electron chi connectivity index (χ4n) is 6.54. The van der Waals surface area contributed by atoms with E-state index >= 15 is 0 Å². The first kappa shape index (κ1) is 38.8. The number of fused-ring (bicyclic) bond motifs is 21. The maximum absolute atomic E-state index is 11.2. The highest BCUT2D eigenvalue weighted by molar-refractivity contribution is 5.18. The topological polar surface area (TPSA) is 66.4 Å². The predicted octanol–water partition coefficient (Wildman–Crippen LogP) is 1.42. The Kier molecular flexibility index (Phi) is 17.2. The molecule has 3 aliphatic rings. The highest BCUT2D eigenvalue weighted by Gasteiger charge is 2.20. The number of benzene rings is 2. The van der Waals surface area contributed by atoms with Crippen LogP contribution in [0.4, 0.5) is 0 Å². The zero-order valence-electron chi connectivity index (χ0n) is 30.5. The Bertz CT molecular complexity index is 1030. The van der Waals surface area contributed by atoms with Crippen LogP contribution in [0, 0.1) is 0 Å². The van der Waals surface area contributed by atoms with Crippen LogP contribution in [0.25, 0.3) is 0 Å². The maximum Gasteiger partial charge on any atom is 0.0916 e. The van der Waals surface area contributed by atoms with E-state index in [9.17, 15) is 10.2 Å². The van der Waals surface area contributed by atoms with Crippen molar-refractivity contribution in [3.05, 3.63) is 71.8 Å². The van der Waals surface area contributed by atoms with Crippen molar-refractivity contribution in [3.63, 3.8) is 0 Å². The van der Waals surface area contributed by atoms with Gasteiger partial charge in [0.15, 0.2) is 0 Å². The normalized spacial score (nSPS) is 25.8. The Balaban J connectivity index is 1.52. The highest BCUT2D eigenvalue weighted by atomic mass is 16.3. The van der Waals surface area contributed by atoms with Gasteiger partial charge < -0.3 is 29.8 Å². The largest absolute Gasteiger partial charge is 0.387 e. The van der Waals surface area contributed by atoms with Crippen molar-refractivity contribution in [1.29, 1.82) is 0 Å². The molecule has 3 fully saturated rings. The van der Waals surface area contributed by atoms with Crippen LogP contribution in [0.3, 0.4) is 0 Å². The summed E-state index contributed by atoms with van der Waals surface area (Å²) in [6.45, 7) is 19.3. The second kappa shape index (κ2) is 21.3. The van der Waals surface area contributed by atoms with Gasteiger partial charge in [-0.3, -0.25) is 19.6 Å². The average molecular weight is 667 g/mol. The minimum Gasteiger partial charge on any atom is -0.387 e. The van der Waals surface area contributed by atoms with Crippen molar-refractivity contribution in [2.75, 3.05) is 159 Å². The van der Waals surface area contributed by atoms with Gasteiger partial charge in [0.25, 0.3) is 0 Å². The number of aliphatic hydroxyl groups excluding tert-OH is 2. The van der Waals surface area contributed by atoms with Crippen LogP contribution in [0.15, 0.2) is 60.7 Å². The van der Waals surface area contributed by atoms with Crippen molar-refractivity contribution in [3.8, 4) is 0 Å². The van der Waals surface area contributed by atoms with E-state index in [-0.39, 0.29) is 0 Å². The van der Waals surface area contributed by atoms with Crippen LogP contribution < -0.4 is 0 Å². The molecule has 3 heterocycles. The van der Waals surface area contributed by atoms with Crippen LogP contribution in [-0.4, -0.2) is 208 Å². The van der Waals surface area contributed by atoms with E-state index in [4.69, 9.17) is 0 Å². The average Bonchev–Trinajstić information content (AvgIpc) is 3.10. The first-order chi connectivity index (χ1) is 23.2. The van der Waals surface area contributed by atoms with E-state index < -0.39 is 12.2 Å². The number of aliphatic hydroxyl groups is 2. The van der Waals surface area contributed by atoms with E-state index in [0.29, 0.717) is 13.1 Å². The summed E-state index contributed by atoms with van der Waals surface area (Å²) in [6.07, 6.45) is -0.984. The lowest BCUT2D eigenvalue weighted by Gasteiger charge is -2.35.